The number of nitrogens with one attached hydrogen (secondary N) is 2. The van der Waals surface area contributed by atoms with Crippen LogP contribution in [-0.4, -0.2) is 55.1 Å². The quantitative estimate of drug-likeness (QED) is 0.537. The third-order valence-electron chi connectivity index (χ3n) is 5.83. The molecular formula is C21H32N6O2S. The summed E-state index contributed by atoms with van der Waals surface area (Å²) in [5.41, 5.74) is 3.34. The summed E-state index contributed by atoms with van der Waals surface area (Å²) < 4.78 is 29.0. The number of aryl methyl sites for hydroxylation is 2. The van der Waals surface area contributed by atoms with E-state index in [1.807, 2.05) is 24.7 Å². The fraction of sp³-hybridized carbons (Fsp3) is 0.524. The third kappa shape index (κ3) is 5.02. The lowest BCUT2D eigenvalue weighted by Crippen LogP contribution is -2.44. The van der Waals surface area contributed by atoms with Crippen molar-refractivity contribution < 1.29 is 8.42 Å². The Morgan fingerprint density at radius 3 is 2.40 bits per heavy atom. The molecular weight excluding hydrogens is 400 g/mol. The van der Waals surface area contributed by atoms with E-state index < -0.39 is 10.0 Å². The minimum Gasteiger partial charge on any atom is -0.356 e. The minimum absolute atomic E-state index is 0.368. The summed E-state index contributed by atoms with van der Waals surface area (Å²) in [6.45, 7) is 6.60. The van der Waals surface area contributed by atoms with Crippen LogP contribution in [0.2, 0.25) is 0 Å². The number of aromatic nitrogens is 2. The summed E-state index contributed by atoms with van der Waals surface area (Å²) in [6.07, 6.45) is 1.66. The van der Waals surface area contributed by atoms with Gasteiger partial charge in [-0.15, -0.1) is 0 Å². The molecule has 1 fully saturated rings. The number of aliphatic imine (C=N–C) groups is 1. The number of hydrogen-bond acceptors (Lipinski definition) is 4. The highest BCUT2D eigenvalue weighted by Gasteiger charge is 2.29. The van der Waals surface area contributed by atoms with Crippen molar-refractivity contribution in [3.63, 3.8) is 0 Å². The number of rotatable bonds is 6. The maximum Gasteiger partial charge on any atom is 0.243 e. The molecule has 8 nitrogen and oxygen atoms in total. The largest absolute Gasteiger partial charge is 0.356 e. The highest BCUT2D eigenvalue weighted by molar-refractivity contribution is 7.89. The Kier molecular flexibility index (Phi) is 7.14. The molecule has 0 spiro atoms. The second kappa shape index (κ2) is 9.61. The Hall–Kier alpha value is -2.39. The molecule has 2 aromatic rings. The molecule has 1 saturated heterocycles. The normalized spacial score (nSPS) is 16.6. The van der Waals surface area contributed by atoms with Gasteiger partial charge in [0.05, 0.1) is 10.6 Å². The van der Waals surface area contributed by atoms with E-state index in [4.69, 9.17) is 0 Å². The second-order valence-corrected chi connectivity index (χ2v) is 9.68. The Morgan fingerprint density at radius 1 is 1.17 bits per heavy atom. The van der Waals surface area contributed by atoms with Crippen LogP contribution < -0.4 is 10.6 Å². The number of benzene rings is 1. The molecule has 0 saturated carbocycles. The molecule has 0 radical (unpaired) electrons. The first-order chi connectivity index (χ1) is 14.3. The zero-order valence-corrected chi connectivity index (χ0v) is 19.0. The number of hydrogen-bond donors (Lipinski definition) is 2. The first-order valence-corrected chi connectivity index (χ1v) is 11.8. The van der Waals surface area contributed by atoms with Crippen LogP contribution in [0.3, 0.4) is 0 Å². The summed E-state index contributed by atoms with van der Waals surface area (Å²) in [7, 11) is 0.307. The van der Waals surface area contributed by atoms with Crippen molar-refractivity contribution in [3.05, 3.63) is 47.3 Å². The summed E-state index contributed by atoms with van der Waals surface area (Å²) in [5.74, 6) is 1.16. The average molecular weight is 433 g/mol. The molecule has 9 heteroatoms. The average Bonchev–Trinajstić information content (AvgIpc) is 3.00. The van der Waals surface area contributed by atoms with Gasteiger partial charge in [0.2, 0.25) is 10.0 Å². The number of sulfonamides is 1. The molecule has 0 aliphatic carbocycles. The predicted molar refractivity (Wildman–Crippen MR) is 119 cm³/mol. The fourth-order valence-electron chi connectivity index (χ4n) is 3.80. The van der Waals surface area contributed by atoms with Crippen LogP contribution in [-0.2, 0) is 23.6 Å². The molecule has 1 aliphatic heterocycles. The Labute approximate surface area is 179 Å². The monoisotopic (exact) mass is 432 g/mol. The topological polar surface area (TPSA) is 91.6 Å². The number of guanidine groups is 1. The van der Waals surface area contributed by atoms with Gasteiger partial charge in [-0.3, -0.25) is 9.67 Å². The molecule has 2 heterocycles. The van der Waals surface area contributed by atoms with E-state index in [0.29, 0.717) is 30.4 Å². The van der Waals surface area contributed by atoms with Gasteiger partial charge in [-0.2, -0.15) is 9.40 Å². The van der Waals surface area contributed by atoms with Gasteiger partial charge in [0, 0.05) is 51.5 Å². The van der Waals surface area contributed by atoms with Crippen molar-refractivity contribution in [2.75, 3.05) is 26.7 Å². The maximum atomic E-state index is 12.8. The van der Waals surface area contributed by atoms with Gasteiger partial charge in [-0.05, 0) is 44.7 Å². The zero-order valence-electron chi connectivity index (χ0n) is 18.2. The van der Waals surface area contributed by atoms with E-state index in [1.165, 1.54) is 5.56 Å². The van der Waals surface area contributed by atoms with Gasteiger partial charge in [0.15, 0.2) is 5.96 Å². The van der Waals surface area contributed by atoms with Gasteiger partial charge in [0.25, 0.3) is 0 Å². The van der Waals surface area contributed by atoms with Gasteiger partial charge >= 0.3 is 0 Å². The molecule has 2 N–H and O–H groups in total. The SMILES string of the molecule is CN=C(NCc1c(C)nn(C)c1C)NCC1CCN(S(=O)(=O)c2ccccc2)CC1. The molecule has 1 aliphatic rings. The fourth-order valence-corrected chi connectivity index (χ4v) is 5.29. The van der Waals surface area contributed by atoms with Gasteiger partial charge in [-0.1, -0.05) is 18.2 Å². The van der Waals surface area contributed by atoms with Crippen LogP contribution in [0.5, 0.6) is 0 Å². The van der Waals surface area contributed by atoms with Crippen LogP contribution in [0.1, 0.15) is 29.8 Å². The van der Waals surface area contributed by atoms with Crippen molar-refractivity contribution >= 4 is 16.0 Å². The Bertz CT molecular complexity index is 976. The molecule has 1 aromatic carbocycles. The van der Waals surface area contributed by atoms with Crippen molar-refractivity contribution in [2.45, 2.75) is 38.1 Å². The van der Waals surface area contributed by atoms with Gasteiger partial charge in [-0.25, -0.2) is 8.42 Å². The van der Waals surface area contributed by atoms with Crippen LogP contribution in [0, 0.1) is 19.8 Å². The van der Waals surface area contributed by atoms with E-state index >= 15 is 0 Å². The van der Waals surface area contributed by atoms with E-state index in [1.54, 1.807) is 35.6 Å². The molecule has 0 bridgehead atoms. The molecule has 3 rings (SSSR count). The van der Waals surface area contributed by atoms with Crippen molar-refractivity contribution in [1.29, 1.82) is 0 Å². The third-order valence-corrected chi connectivity index (χ3v) is 7.74. The molecule has 0 atom stereocenters. The summed E-state index contributed by atoms with van der Waals surface area (Å²) in [4.78, 5) is 4.68. The van der Waals surface area contributed by atoms with Crippen LogP contribution in [0.25, 0.3) is 0 Å². The predicted octanol–water partition coefficient (Wildman–Crippen LogP) is 1.80. The van der Waals surface area contributed by atoms with E-state index in [-0.39, 0.29) is 0 Å². The molecule has 0 unspecified atom stereocenters. The van der Waals surface area contributed by atoms with Crippen molar-refractivity contribution in [1.82, 2.24) is 24.7 Å². The van der Waals surface area contributed by atoms with E-state index in [9.17, 15) is 8.42 Å². The van der Waals surface area contributed by atoms with Crippen molar-refractivity contribution in [2.24, 2.45) is 18.0 Å². The lowest BCUT2D eigenvalue weighted by atomic mass is 9.98. The highest BCUT2D eigenvalue weighted by Crippen LogP contribution is 2.23. The maximum absolute atomic E-state index is 12.8. The summed E-state index contributed by atoms with van der Waals surface area (Å²) in [6, 6.07) is 8.66. The molecule has 30 heavy (non-hydrogen) atoms. The Balaban J connectivity index is 1.48. The molecule has 0 amide bonds. The second-order valence-electron chi connectivity index (χ2n) is 7.74. The zero-order chi connectivity index (χ0) is 21.7. The Morgan fingerprint density at radius 2 is 1.83 bits per heavy atom. The van der Waals surface area contributed by atoms with Gasteiger partial charge < -0.3 is 10.6 Å². The number of piperidine rings is 1. The number of nitrogens with zero attached hydrogens (tertiary/aromatic N) is 4. The van der Waals surface area contributed by atoms with Crippen LogP contribution in [0.4, 0.5) is 0 Å². The minimum atomic E-state index is -3.40. The van der Waals surface area contributed by atoms with Crippen LogP contribution in [0.15, 0.2) is 40.2 Å². The smallest absolute Gasteiger partial charge is 0.243 e. The molecule has 164 valence electrons. The summed E-state index contributed by atoms with van der Waals surface area (Å²) >= 11 is 0. The standard InChI is InChI=1S/C21H32N6O2S/c1-16-20(17(2)26(4)25-16)15-24-21(22-3)23-14-18-10-12-27(13-11-18)30(28,29)19-8-6-5-7-9-19/h5-9,18H,10-15H2,1-4H3,(H2,22,23,24). The molecule has 1 aromatic heterocycles. The van der Waals surface area contributed by atoms with E-state index in [2.05, 4.69) is 27.6 Å². The first-order valence-electron chi connectivity index (χ1n) is 10.3. The lowest BCUT2D eigenvalue weighted by molar-refractivity contribution is 0.273. The van der Waals surface area contributed by atoms with Crippen LogP contribution >= 0.6 is 0 Å². The van der Waals surface area contributed by atoms with Gasteiger partial charge in [0.1, 0.15) is 0 Å². The van der Waals surface area contributed by atoms with Crippen molar-refractivity contribution in [3.8, 4) is 0 Å². The summed E-state index contributed by atoms with van der Waals surface area (Å²) in [5, 5.41) is 11.2. The lowest BCUT2D eigenvalue weighted by Gasteiger charge is -2.31. The highest BCUT2D eigenvalue weighted by atomic mass is 32.2. The first kappa shape index (κ1) is 22.3. The van der Waals surface area contributed by atoms with E-state index in [0.717, 1.165) is 36.7 Å².